The number of carbonyl (C=O) groups excluding carboxylic acids is 1. The van der Waals surface area contributed by atoms with Crippen molar-refractivity contribution in [3.05, 3.63) is 35.6 Å². The molecule has 108 valence electrons. The molecule has 2 aliphatic carbocycles. The van der Waals surface area contributed by atoms with Crippen molar-refractivity contribution in [3.8, 4) is 0 Å². The number of benzene rings is 1. The van der Waals surface area contributed by atoms with Gasteiger partial charge in [0.05, 0.1) is 5.41 Å². The first-order valence-electron chi connectivity index (χ1n) is 7.43. The lowest BCUT2D eigenvalue weighted by Gasteiger charge is -2.23. The van der Waals surface area contributed by atoms with Crippen molar-refractivity contribution in [2.45, 2.75) is 43.6 Å². The summed E-state index contributed by atoms with van der Waals surface area (Å²) in [5, 5.41) is 3.18. The summed E-state index contributed by atoms with van der Waals surface area (Å²) in [7, 11) is 0. The van der Waals surface area contributed by atoms with Gasteiger partial charge in [-0.3, -0.25) is 4.79 Å². The molecule has 2 unspecified atom stereocenters. The third-order valence-electron chi connectivity index (χ3n) is 4.86. The van der Waals surface area contributed by atoms with Crippen molar-refractivity contribution in [1.29, 1.82) is 0 Å². The molecule has 2 saturated carbocycles. The fraction of sp³-hybridized carbons (Fsp3) is 0.562. The molecule has 3 nitrogen and oxygen atoms in total. The Bertz CT molecular complexity index is 496. The van der Waals surface area contributed by atoms with E-state index in [2.05, 4.69) is 5.32 Å². The van der Waals surface area contributed by atoms with Gasteiger partial charge in [0.15, 0.2) is 0 Å². The second kappa shape index (κ2) is 5.17. The third kappa shape index (κ3) is 2.33. The number of hydrogen-bond acceptors (Lipinski definition) is 2. The lowest BCUT2D eigenvalue weighted by atomic mass is 9.93. The standard InChI is InChI=1S/C16H21FN2O/c17-13-6-4-12(5-7-13)16(8-9-16)15(20)19-14-3-1-2-11(14)10-18/h4-7,11,14H,1-3,8-10,18H2,(H,19,20). The first kappa shape index (κ1) is 13.6. The van der Waals surface area contributed by atoms with E-state index >= 15 is 0 Å². The summed E-state index contributed by atoms with van der Waals surface area (Å²) >= 11 is 0. The molecule has 0 bridgehead atoms. The van der Waals surface area contributed by atoms with Gasteiger partial charge >= 0.3 is 0 Å². The molecule has 1 aromatic carbocycles. The Labute approximate surface area is 118 Å². The number of rotatable bonds is 4. The van der Waals surface area contributed by atoms with Crippen LogP contribution in [0.5, 0.6) is 0 Å². The van der Waals surface area contributed by atoms with Crippen molar-refractivity contribution in [2.24, 2.45) is 11.7 Å². The van der Waals surface area contributed by atoms with Crippen LogP contribution < -0.4 is 11.1 Å². The zero-order valence-corrected chi connectivity index (χ0v) is 11.6. The van der Waals surface area contributed by atoms with E-state index in [-0.39, 0.29) is 17.8 Å². The number of nitrogens with two attached hydrogens (primary N) is 1. The smallest absolute Gasteiger partial charge is 0.230 e. The van der Waals surface area contributed by atoms with Gasteiger partial charge in [0.1, 0.15) is 5.82 Å². The van der Waals surface area contributed by atoms with Crippen LogP contribution in [0.15, 0.2) is 24.3 Å². The molecule has 0 saturated heterocycles. The van der Waals surface area contributed by atoms with Crippen LogP contribution in [0, 0.1) is 11.7 Å². The summed E-state index contributed by atoms with van der Waals surface area (Å²) in [6.45, 7) is 0.633. The third-order valence-corrected chi connectivity index (χ3v) is 4.86. The highest BCUT2D eigenvalue weighted by Gasteiger charge is 2.52. The molecule has 0 radical (unpaired) electrons. The van der Waals surface area contributed by atoms with Crippen molar-refractivity contribution < 1.29 is 9.18 Å². The van der Waals surface area contributed by atoms with Gasteiger partial charge in [0, 0.05) is 6.04 Å². The minimum atomic E-state index is -0.421. The first-order chi connectivity index (χ1) is 9.65. The van der Waals surface area contributed by atoms with Gasteiger partial charge in [-0.2, -0.15) is 0 Å². The van der Waals surface area contributed by atoms with E-state index in [4.69, 9.17) is 5.73 Å². The number of hydrogen-bond donors (Lipinski definition) is 2. The zero-order valence-electron chi connectivity index (χ0n) is 11.6. The average Bonchev–Trinajstić information content (AvgIpc) is 3.15. The van der Waals surface area contributed by atoms with Crippen LogP contribution in [0.2, 0.25) is 0 Å². The summed E-state index contributed by atoms with van der Waals surface area (Å²) in [5.41, 5.74) is 6.27. The van der Waals surface area contributed by atoms with Crippen molar-refractivity contribution in [1.82, 2.24) is 5.32 Å². The van der Waals surface area contributed by atoms with Gasteiger partial charge in [-0.15, -0.1) is 0 Å². The van der Waals surface area contributed by atoms with Crippen molar-refractivity contribution in [2.75, 3.05) is 6.54 Å². The molecule has 3 N–H and O–H groups in total. The van der Waals surface area contributed by atoms with E-state index in [1.54, 1.807) is 12.1 Å². The van der Waals surface area contributed by atoms with Gasteiger partial charge in [0.2, 0.25) is 5.91 Å². The molecule has 2 atom stereocenters. The topological polar surface area (TPSA) is 55.1 Å². The van der Waals surface area contributed by atoms with Crippen LogP contribution in [-0.2, 0) is 10.2 Å². The minimum absolute atomic E-state index is 0.0921. The van der Waals surface area contributed by atoms with Gasteiger partial charge in [-0.25, -0.2) is 4.39 Å². The highest BCUT2D eigenvalue weighted by atomic mass is 19.1. The van der Waals surface area contributed by atoms with E-state index in [9.17, 15) is 9.18 Å². The maximum absolute atomic E-state index is 13.0. The Kier molecular flexibility index (Phi) is 3.50. The molecule has 0 aliphatic heterocycles. The van der Waals surface area contributed by atoms with Crippen molar-refractivity contribution in [3.63, 3.8) is 0 Å². The second-order valence-corrected chi connectivity index (χ2v) is 6.10. The molecule has 0 heterocycles. The molecule has 0 aromatic heterocycles. The minimum Gasteiger partial charge on any atom is -0.352 e. The normalized spacial score (nSPS) is 27.3. The van der Waals surface area contributed by atoms with Gasteiger partial charge in [-0.05, 0) is 55.8 Å². The highest BCUT2D eigenvalue weighted by molar-refractivity contribution is 5.91. The maximum atomic E-state index is 13.0. The van der Waals surface area contributed by atoms with E-state index < -0.39 is 5.41 Å². The van der Waals surface area contributed by atoms with E-state index in [1.165, 1.54) is 12.1 Å². The molecule has 2 fully saturated rings. The van der Waals surface area contributed by atoms with E-state index in [1.807, 2.05) is 0 Å². The van der Waals surface area contributed by atoms with Crippen LogP contribution in [0.3, 0.4) is 0 Å². The summed E-state index contributed by atoms with van der Waals surface area (Å²) in [6.07, 6.45) is 4.96. The van der Waals surface area contributed by atoms with E-state index in [0.29, 0.717) is 12.5 Å². The fourth-order valence-corrected chi connectivity index (χ4v) is 3.36. The summed E-state index contributed by atoms with van der Waals surface area (Å²) in [4.78, 5) is 12.6. The predicted octanol–water partition coefficient (Wildman–Crippen LogP) is 2.10. The largest absolute Gasteiger partial charge is 0.352 e. The van der Waals surface area contributed by atoms with Crippen LogP contribution in [0.1, 0.15) is 37.7 Å². The summed E-state index contributed by atoms with van der Waals surface area (Å²) in [5.74, 6) is 0.237. The Morgan fingerprint density at radius 1 is 1.30 bits per heavy atom. The molecular formula is C16H21FN2O. The summed E-state index contributed by atoms with van der Waals surface area (Å²) in [6, 6.07) is 6.54. The number of amides is 1. The van der Waals surface area contributed by atoms with Crippen LogP contribution in [0.25, 0.3) is 0 Å². The molecule has 0 spiro atoms. The molecule has 1 aromatic rings. The number of carbonyl (C=O) groups is 1. The van der Waals surface area contributed by atoms with Crippen LogP contribution >= 0.6 is 0 Å². The van der Waals surface area contributed by atoms with Crippen LogP contribution in [-0.4, -0.2) is 18.5 Å². The van der Waals surface area contributed by atoms with Crippen LogP contribution in [0.4, 0.5) is 4.39 Å². The molecular weight excluding hydrogens is 255 g/mol. The predicted molar refractivity (Wildman–Crippen MR) is 75.6 cm³/mol. The Morgan fingerprint density at radius 2 is 2.00 bits per heavy atom. The monoisotopic (exact) mass is 276 g/mol. The highest BCUT2D eigenvalue weighted by Crippen LogP contribution is 2.48. The average molecular weight is 276 g/mol. The number of nitrogens with one attached hydrogen (secondary N) is 1. The molecule has 2 aliphatic rings. The Hall–Kier alpha value is -1.42. The lowest BCUT2D eigenvalue weighted by Crippen LogP contribution is -2.44. The van der Waals surface area contributed by atoms with Crippen molar-refractivity contribution >= 4 is 5.91 Å². The number of halogens is 1. The maximum Gasteiger partial charge on any atom is 0.230 e. The first-order valence-corrected chi connectivity index (χ1v) is 7.43. The molecule has 20 heavy (non-hydrogen) atoms. The zero-order chi connectivity index (χ0) is 14.2. The molecule has 1 amide bonds. The SMILES string of the molecule is NCC1CCCC1NC(=O)C1(c2ccc(F)cc2)CC1. The lowest BCUT2D eigenvalue weighted by molar-refractivity contribution is -0.124. The Balaban J connectivity index is 1.72. The summed E-state index contributed by atoms with van der Waals surface area (Å²) < 4.78 is 13.0. The molecule has 4 heteroatoms. The quantitative estimate of drug-likeness (QED) is 0.885. The Morgan fingerprint density at radius 3 is 2.60 bits per heavy atom. The van der Waals surface area contributed by atoms with E-state index in [0.717, 1.165) is 37.7 Å². The van der Waals surface area contributed by atoms with Gasteiger partial charge < -0.3 is 11.1 Å². The van der Waals surface area contributed by atoms with Gasteiger partial charge in [-0.1, -0.05) is 18.6 Å². The fourth-order valence-electron chi connectivity index (χ4n) is 3.36. The van der Waals surface area contributed by atoms with Gasteiger partial charge in [0.25, 0.3) is 0 Å². The molecule has 3 rings (SSSR count). The second-order valence-electron chi connectivity index (χ2n) is 6.10.